The minimum Gasteiger partial charge on any atom is -0.490 e. The van der Waals surface area contributed by atoms with Gasteiger partial charge in [0.15, 0.2) is 0 Å². The number of nitrogens with zero attached hydrogens (tertiary/aromatic N) is 1. The van der Waals surface area contributed by atoms with Gasteiger partial charge in [-0.25, -0.2) is 4.99 Å². The van der Waals surface area contributed by atoms with Crippen molar-refractivity contribution in [2.45, 2.75) is 0 Å². The van der Waals surface area contributed by atoms with Gasteiger partial charge >= 0.3 is 0 Å². The molecule has 0 aliphatic rings. The van der Waals surface area contributed by atoms with Crippen molar-refractivity contribution < 1.29 is 4.74 Å². The van der Waals surface area contributed by atoms with E-state index in [1.54, 1.807) is 18.2 Å². The Morgan fingerprint density at radius 1 is 1.43 bits per heavy atom. The second kappa shape index (κ2) is 5.99. The average molecular weight is 248 g/mol. The molecule has 0 amide bonds. The highest BCUT2D eigenvalue weighted by Gasteiger charge is 2.04. The van der Waals surface area contributed by atoms with E-state index < -0.39 is 0 Å². The first-order valence-corrected chi connectivity index (χ1v) is 5.02. The SMILES string of the molecule is S=C=NCCOc1cccc(Cl)c1Cl. The fraction of sp³-hybridized carbons (Fsp3) is 0.222. The number of hydrogen-bond donors (Lipinski definition) is 0. The molecule has 5 heteroatoms. The third-order valence-electron chi connectivity index (χ3n) is 1.44. The molecule has 74 valence electrons. The summed E-state index contributed by atoms with van der Waals surface area (Å²) in [4.78, 5) is 3.70. The molecule has 0 fully saturated rings. The Balaban J connectivity index is 2.58. The van der Waals surface area contributed by atoms with E-state index in [0.29, 0.717) is 28.9 Å². The Morgan fingerprint density at radius 2 is 2.21 bits per heavy atom. The Hall–Kier alpha value is -0.600. The van der Waals surface area contributed by atoms with E-state index in [4.69, 9.17) is 27.9 Å². The van der Waals surface area contributed by atoms with Crippen molar-refractivity contribution in [1.82, 2.24) is 0 Å². The molecule has 0 radical (unpaired) electrons. The van der Waals surface area contributed by atoms with Crippen LogP contribution in [0.15, 0.2) is 23.2 Å². The van der Waals surface area contributed by atoms with Crippen LogP contribution in [0.3, 0.4) is 0 Å². The first-order valence-electron chi connectivity index (χ1n) is 3.86. The van der Waals surface area contributed by atoms with Gasteiger partial charge in [0.25, 0.3) is 0 Å². The fourth-order valence-corrected chi connectivity index (χ4v) is 1.28. The van der Waals surface area contributed by atoms with Gasteiger partial charge in [-0.2, -0.15) is 0 Å². The van der Waals surface area contributed by atoms with Crippen molar-refractivity contribution in [1.29, 1.82) is 0 Å². The number of thiocarbonyl (C=S) groups is 1. The summed E-state index contributed by atoms with van der Waals surface area (Å²) in [6, 6.07) is 5.22. The molecular formula is C9H7Cl2NOS. The van der Waals surface area contributed by atoms with Gasteiger partial charge < -0.3 is 4.74 Å². The van der Waals surface area contributed by atoms with Crippen molar-refractivity contribution in [3.05, 3.63) is 28.2 Å². The summed E-state index contributed by atoms with van der Waals surface area (Å²) in [6.45, 7) is 0.871. The second-order valence-corrected chi connectivity index (χ2v) is 3.34. The lowest BCUT2D eigenvalue weighted by molar-refractivity contribution is 0.329. The zero-order valence-electron chi connectivity index (χ0n) is 7.17. The summed E-state index contributed by atoms with van der Waals surface area (Å²) in [7, 11) is 0. The second-order valence-electron chi connectivity index (χ2n) is 2.37. The van der Waals surface area contributed by atoms with Crippen molar-refractivity contribution in [2.75, 3.05) is 13.2 Å². The van der Waals surface area contributed by atoms with Crippen LogP contribution < -0.4 is 4.74 Å². The van der Waals surface area contributed by atoms with Gasteiger partial charge in [0.05, 0.1) is 16.7 Å². The van der Waals surface area contributed by atoms with Crippen LogP contribution in [0.2, 0.25) is 10.0 Å². The summed E-state index contributed by atoms with van der Waals surface area (Å²) in [5.41, 5.74) is 0. The third kappa shape index (κ3) is 3.28. The molecule has 0 atom stereocenters. The first-order chi connectivity index (χ1) is 6.75. The highest BCUT2D eigenvalue weighted by atomic mass is 35.5. The molecule has 0 saturated heterocycles. The molecule has 2 nitrogen and oxygen atoms in total. The molecular weight excluding hydrogens is 241 g/mol. The molecule has 0 aromatic heterocycles. The van der Waals surface area contributed by atoms with Crippen molar-refractivity contribution >= 4 is 40.6 Å². The van der Waals surface area contributed by atoms with Crippen molar-refractivity contribution in [2.24, 2.45) is 4.99 Å². The van der Waals surface area contributed by atoms with Gasteiger partial charge in [-0.1, -0.05) is 29.3 Å². The lowest BCUT2D eigenvalue weighted by Crippen LogP contribution is -2.00. The monoisotopic (exact) mass is 247 g/mol. The molecule has 0 spiro atoms. The topological polar surface area (TPSA) is 21.6 Å². The largest absolute Gasteiger partial charge is 0.490 e. The number of isothiocyanates is 1. The van der Waals surface area contributed by atoms with Crippen molar-refractivity contribution in [3.63, 3.8) is 0 Å². The van der Waals surface area contributed by atoms with E-state index in [2.05, 4.69) is 22.4 Å². The summed E-state index contributed by atoms with van der Waals surface area (Å²) in [6.07, 6.45) is 0. The molecule has 0 saturated carbocycles. The smallest absolute Gasteiger partial charge is 0.139 e. The van der Waals surface area contributed by atoms with E-state index in [1.165, 1.54) is 0 Å². The maximum atomic E-state index is 5.88. The van der Waals surface area contributed by atoms with Crippen LogP contribution in [-0.4, -0.2) is 18.3 Å². The van der Waals surface area contributed by atoms with Gasteiger partial charge in [0, 0.05) is 0 Å². The molecule has 0 heterocycles. The van der Waals surface area contributed by atoms with E-state index in [-0.39, 0.29) is 0 Å². The summed E-state index contributed by atoms with van der Waals surface area (Å²) in [5, 5.41) is 3.14. The predicted molar refractivity (Wildman–Crippen MR) is 61.9 cm³/mol. The van der Waals surface area contributed by atoms with Crippen LogP contribution in [-0.2, 0) is 0 Å². The Bertz CT molecular complexity index is 364. The summed E-state index contributed by atoms with van der Waals surface area (Å²) in [5.74, 6) is 0.554. The Labute approximate surface area is 97.5 Å². The lowest BCUT2D eigenvalue weighted by atomic mass is 10.3. The number of benzene rings is 1. The van der Waals surface area contributed by atoms with E-state index in [1.807, 2.05) is 0 Å². The predicted octanol–water partition coefficient (Wildman–Crippen LogP) is 3.48. The maximum absolute atomic E-state index is 5.88. The molecule has 0 unspecified atom stereocenters. The molecule has 0 aliphatic heterocycles. The fourth-order valence-electron chi connectivity index (χ4n) is 0.842. The lowest BCUT2D eigenvalue weighted by Gasteiger charge is -2.06. The van der Waals surface area contributed by atoms with Gasteiger partial charge in [-0.15, -0.1) is 0 Å². The molecule has 14 heavy (non-hydrogen) atoms. The quantitative estimate of drug-likeness (QED) is 0.462. The minimum atomic E-state index is 0.406. The van der Waals surface area contributed by atoms with Crippen molar-refractivity contribution in [3.8, 4) is 5.75 Å². The van der Waals surface area contributed by atoms with E-state index in [0.717, 1.165) is 0 Å². The van der Waals surface area contributed by atoms with Gasteiger partial charge in [-0.05, 0) is 24.4 Å². The number of ether oxygens (including phenoxy) is 1. The molecule has 1 aromatic rings. The van der Waals surface area contributed by atoms with Crippen LogP contribution in [0, 0.1) is 0 Å². The normalized spacial score (nSPS) is 9.29. The van der Waals surface area contributed by atoms with Crippen LogP contribution in [0.4, 0.5) is 0 Å². The minimum absolute atomic E-state index is 0.406. The first kappa shape index (κ1) is 11.5. The third-order valence-corrected chi connectivity index (χ3v) is 2.37. The standard InChI is InChI=1S/C9H7Cl2NOS/c10-7-2-1-3-8(9(7)11)13-5-4-12-6-14/h1-3H,4-5H2. The van der Waals surface area contributed by atoms with Gasteiger partial charge in [0.2, 0.25) is 0 Å². The number of rotatable bonds is 4. The maximum Gasteiger partial charge on any atom is 0.139 e. The van der Waals surface area contributed by atoms with Crippen LogP contribution >= 0.6 is 35.4 Å². The van der Waals surface area contributed by atoms with Crippen LogP contribution in [0.1, 0.15) is 0 Å². The summed E-state index contributed by atoms with van der Waals surface area (Å²) < 4.78 is 5.32. The van der Waals surface area contributed by atoms with E-state index in [9.17, 15) is 0 Å². The Kier molecular flexibility index (Phi) is 4.91. The zero-order valence-corrected chi connectivity index (χ0v) is 9.49. The van der Waals surface area contributed by atoms with Gasteiger partial charge in [0.1, 0.15) is 17.4 Å². The zero-order chi connectivity index (χ0) is 10.4. The summed E-state index contributed by atoms with van der Waals surface area (Å²) >= 11 is 16.1. The van der Waals surface area contributed by atoms with E-state index >= 15 is 0 Å². The molecule has 1 aromatic carbocycles. The number of halogens is 2. The van der Waals surface area contributed by atoms with Crippen LogP contribution in [0.5, 0.6) is 5.75 Å². The Morgan fingerprint density at radius 3 is 2.93 bits per heavy atom. The van der Waals surface area contributed by atoms with Crippen LogP contribution in [0.25, 0.3) is 0 Å². The number of aliphatic imine (C=N–C) groups is 1. The van der Waals surface area contributed by atoms with Gasteiger partial charge in [-0.3, -0.25) is 0 Å². The average Bonchev–Trinajstić information content (AvgIpc) is 2.19. The highest BCUT2D eigenvalue weighted by molar-refractivity contribution is 7.78. The molecule has 0 aliphatic carbocycles. The molecule has 0 bridgehead atoms. The number of hydrogen-bond acceptors (Lipinski definition) is 3. The molecule has 1 rings (SSSR count). The molecule has 0 N–H and O–H groups in total. The highest BCUT2D eigenvalue weighted by Crippen LogP contribution is 2.31.